The lowest BCUT2D eigenvalue weighted by Crippen LogP contribution is -2.41. The van der Waals surface area contributed by atoms with E-state index in [0.717, 1.165) is 107 Å². The molecule has 0 unspecified atom stereocenters. The maximum Gasteiger partial charge on any atom is 0.494 e. The molecule has 6 N–H and O–H groups in total. The highest BCUT2D eigenvalue weighted by Gasteiger charge is 2.53. The average Bonchev–Trinajstić information content (AvgIpc) is 1.63. The fraction of sp³-hybridized carbons (Fsp3) is 0.395. The standard InChI is InChI=1S/C30H32N2O4S.C25H32BNO5S.C12H18BNO2.C11H12BrNO.C7H8BrN.CH4/c1-21-2-13-27(31-30(34)26-11-12-26)19-28(21)24-7-3-22(4-8-24)18-29(33)25-9-5-23(6-10-25)20-32-14-16-37(35,36)17-15-32;1-24(2)25(3,4)32-26(31-24)22-11-7-19(8-12-22)17-23(28)21-9-5-20(6-10-21)18-27-13-15-33(29,30)16-14-27;1-11(2)12(3,4)16-13(15-11)9-5-7-10(14)8-6-9;1-7-2-5-9(6-10(7)12)13-11(14)8-3-4-8;1-5-2-3-6(9)4-7(5)8;/h2-10,13,19,26H,11-12,14-18,20H2,1H3,(H,31,34);5-12H,13-18H2,1-4H3;5-8H,14H2,1-4H3;2,5-6,8H,3-4H2,1H3,(H,13,14);2-4H,9H2,1H3;1H4. The monoisotopic (exact) mass is 1660 g/mol. The van der Waals surface area contributed by atoms with Crippen molar-refractivity contribution in [1.82, 2.24) is 9.80 Å². The summed E-state index contributed by atoms with van der Waals surface area (Å²) >= 11 is 6.80. The number of nitrogens with two attached hydrogens (primary N) is 2. The van der Waals surface area contributed by atoms with Gasteiger partial charge in [0.1, 0.15) is 0 Å². The Labute approximate surface area is 669 Å². The smallest absolute Gasteiger partial charge is 0.399 e. The molecule has 4 heterocycles. The predicted octanol–water partition coefficient (Wildman–Crippen LogP) is 15.0. The molecule has 14 rings (SSSR count). The molecule has 4 aliphatic heterocycles. The van der Waals surface area contributed by atoms with Crippen molar-refractivity contribution >= 4 is 123 Å². The maximum atomic E-state index is 12.9. The van der Waals surface area contributed by atoms with Gasteiger partial charge >= 0.3 is 14.2 Å². The zero-order valence-corrected chi connectivity index (χ0v) is 69.2. The molecular formula is C86H106B2Br2N6O12S2. The van der Waals surface area contributed by atoms with E-state index in [1.807, 2.05) is 245 Å². The average molecular weight is 1660 g/mol. The Morgan fingerprint density at radius 1 is 0.436 bits per heavy atom. The minimum atomic E-state index is -2.89. The van der Waals surface area contributed by atoms with Crippen molar-refractivity contribution in [3.8, 4) is 11.1 Å². The van der Waals surface area contributed by atoms with Crippen molar-refractivity contribution in [3.63, 3.8) is 0 Å². The van der Waals surface area contributed by atoms with E-state index in [2.05, 4.69) is 59.2 Å². The number of aryl methyl sites for hydroxylation is 3. The first-order valence-corrected chi connectivity index (χ1v) is 42.5. The number of nitrogen functional groups attached to an aromatic ring is 2. The Hall–Kier alpha value is -7.61. The number of carbonyl (C=O) groups is 4. The summed E-state index contributed by atoms with van der Waals surface area (Å²) in [5, 5.41) is 5.92. The van der Waals surface area contributed by atoms with Crippen LogP contribution >= 0.6 is 31.9 Å². The van der Waals surface area contributed by atoms with E-state index in [1.165, 1.54) is 11.1 Å². The number of benzene rings is 8. The zero-order chi connectivity index (χ0) is 78.8. The molecule has 8 aromatic rings. The molecule has 8 aromatic carbocycles. The Bertz CT molecular complexity index is 4710. The lowest BCUT2D eigenvalue weighted by atomic mass is 9.78. The summed E-state index contributed by atoms with van der Waals surface area (Å²) in [7, 11) is -6.47. The van der Waals surface area contributed by atoms with Crippen molar-refractivity contribution in [3.05, 3.63) is 235 Å². The number of nitrogens with zero attached hydrogens (tertiary/aromatic N) is 2. The van der Waals surface area contributed by atoms with Crippen LogP contribution in [0.25, 0.3) is 11.1 Å². The van der Waals surface area contributed by atoms with Crippen LogP contribution in [0.4, 0.5) is 22.7 Å². The largest absolute Gasteiger partial charge is 0.494 e. The highest BCUT2D eigenvalue weighted by atomic mass is 79.9. The minimum absolute atomic E-state index is 0. The highest BCUT2D eigenvalue weighted by molar-refractivity contribution is 9.10. The first-order valence-electron chi connectivity index (χ1n) is 37.2. The number of ketones is 2. The summed E-state index contributed by atoms with van der Waals surface area (Å²) in [4.78, 5) is 53.5. The highest BCUT2D eigenvalue weighted by Crippen LogP contribution is 2.39. The van der Waals surface area contributed by atoms with Crippen LogP contribution in [0.15, 0.2) is 185 Å². The van der Waals surface area contributed by atoms with E-state index in [9.17, 15) is 36.0 Å². The number of hydrogen-bond donors (Lipinski definition) is 4. The number of nitrogens with one attached hydrogen (secondary N) is 2. The summed E-state index contributed by atoms with van der Waals surface area (Å²) in [6.07, 6.45) is 4.67. The van der Waals surface area contributed by atoms with Crippen molar-refractivity contribution in [1.29, 1.82) is 0 Å². The van der Waals surface area contributed by atoms with Gasteiger partial charge in [-0.25, -0.2) is 16.8 Å². The van der Waals surface area contributed by atoms with Crippen LogP contribution < -0.4 is 33.0 Å². The number of amides is 2. The summed E-state index contributed by atoms with van der Waals surface area (Å²) in [6.45, 7) is 26.0. The fourth-order valence-corrected chi connectivity index (χ4v) is 15.5. The number of Topliss-reactive ketones (excluding diaryl/α,β-unsaturated/α-hetero) is 2. The van der Waals surface area contributed by atoms with Crippen molar-refractivity contribution in [2.75, 3.05) is 71.3 Å². The van der Waals surface area contributed by atoms with E-state index in [1.54, 1.807) is 0 Å². The quantitative estimate of drug-likeness (QED) is 0.0375. The molecule has 24 heteroatoms. The van der Waals surface area contributed by atoms with Crippen LogP contribution in [0.1, 0.15) is 148 Å². The third kappa shape index (κ3) is 24.5. The van der Waals surface area contributed by atoms with Gasteiger partial charge in [-0.2, -0.15) is 0 Å². The van der Waals surface area contributed by atoms with Gasteiger partial charge in [0, 0.05) is 107 Å². The van der Waals surface area contributed by atoms with Gasteiger partial charge in [0.15, 0.2) is 31.2 Å². The van der Waals surface area contributed by atoms with Crippen molar-refractivity contribution < 1.29 is 54.6 Å². The third-order valence-electron chi connectivity index (χ3n) is 21.2. The van der Waals surface area contributed by atoms with Crippen molar-refractivity contribution in [2.45, 2.75) is 158 Å². The van der Waals surface area contributed by atoms with Crippen LogP contribution in [0, 0.1) is 32.6 Å². The molecule has 0 spiro atoms. The van der Waals surface area contributed by atoms with Gasteiger partial charge in [0.25, 0.3) is 0 Å². The molecule has 4 saturated heterocycles. The summed E-state index contributed by atoms with van der Waals surface area (Å²) in [5.41, 5.74) is 26.0. The van der Waals surface area contributed by atoms with Gasteiger partial charge < -0.3 is 40.7 Å². The number of anilines is 4. The van der Waals surface area contributed by atoms with E-state index in [0.29, 0.717) is 63.2 Å². The molecule has 18 nitrogen and oxygen atoms in total. The Morgan fingerprint density at radius 3 is 1.13 bits per heavy atom. The topological polar surface area (TPSA) is 256 Å². The predicted molar refractivity (Wildman–Crippen MR) is 454 cm³/mol. The summed E-state index contributed by atoms with van der Waals surface area (Å²) < 4.78 is 72.5. The molecule has 110 heavy (non-hydrogen) atoms. The summed E-state index contributed by atoms with van der Waals surface area (Å²) in [6, 6.07) is 56.3. The fourth-order valence-electron chi connectivity index (χ4n) is 12.2. The van der Waals surface area contributed by atoms with Crippen LogP contribution in [-0.2, 0) is 73.8 Å². The molecule has 584 valence electrons. The van der Waals surface area contributed by atoms with Gasteiger partial charge in [-0.15, -0.1) is 0 Å². The van der Waals surface area contributed by atoms with Gasteiger partial charge in [-0.1, -0.05) is 167 Å². The van der Waals surface area contributed by atoms with Crippen molar-refractivity contribution in [2.24, 2.45) is 11.8 Å². The summed E-state index contributed by atoms with van der Waals surface area (Å²) in [5.74, 6) is 1.66. The minimum Gasteiger partial charge on any atom is -0.399 e. The Kier molecular flexibility index (Phi) is 29.0. The van der Waals surface area contributed by atoms with Gasteiger partial charge in [-0.05, 0) is 211 Å². The van der Waals surface area contributed by atoms with Crippen LogP contribution in [0.3, 0.4) is 0 Å². The van der Waals surface area contributed by atoms with Gasteiger partial charge in [0.2, 0.25) is 11.8 Å². The van der Waals surface area contributed by atoms with Crippen LogP contribution in [0.2, 0.25) is 0 Å². The second-order valence-electron chi connectivity index (χ2n) is 31.3. The molecule has 6 aliphatic rings. The molecule has 0 aromatic heterocycles. The van der Waals surface area contributed by atoms with E-state index in [-0.39, 0.29) is 95.2 Å². The van der Waals surface area contributed by atoms with Crippen LogP contribution in [0.5, 0.6) is 0 Å². The second kappa shape index (κ2) is 36.9. The number of rotatable bonds is 17. The normalized spacial score (nSPS) is 18.3. The van der Waals surface area contributed by atoms with Crippen LogP contribution in [-0.4, -0.2) is 136 Å². The molecule has 2 aliphatic carbocycles. The molecule has 2 amide bonds. The lowest BCUT2D eigenvalue weighted by Gasteiger charge is -2.32. The maximum absolute atomic E-state index is 12.9. The molecule has 0 bridgehead atoms. The van der Waals surface area contributed by atoms with Gasteiger partial charge in [-0.3, -0.25) is 29.0 Å². The molecular weight excluding hydrogens is 1550 g/mol. The van der Waals surface area contributed by atoms with E-state index < -0.39 is 26.8 Å². The third-order valence-corrected chi connectivity index (χ3v) is 26.2. The molecule has 0 radical (unpaired) electrons. The lowest BCUT2D eigenvalue weighted by molar-refractivity contribution is -0.118. The number of sulfone groups is 2. The SMILES string of the molecule is C.CC1(C)OB(c2ccc(CC(=O)c3ccc(CN4CCS(=O)(=O)CC4)cc3)cc2)OC1(C)C.CC1(C)OB(c2ccc(N)cc2)OC1(C)C.Cc1ccc(N)cc1Br.Cc1ccc(NC(=O)C2CC2)cc1-c1ccc(CC(=O)c2ccc(CN3CCS(=O)(=O)CC3)cc2)cc1.Cc1ccc(NC(=O)C2CC2)cc1Br. The van der Waals surface area contributed by atoms with E-state index in [4.69, 9.17) is 30.1 Å². The first kappa shape index (κ1) is 86.4. The number of hydrogen-bond acceptors (Lipinski definition) is 16. The number of carbonyl (C=O) groups excluding carboxylic acids is 4. The van der Waals surface area contributed by atoms with E-state index >= 15 is 0 Å². The Balaban J connectivity index is 0.000000172. The van der Waals surface area contributed by atoms with Gasteiger partial charge in [0.05, 0.1) is 45.4 Å². The Morgan fingerprint density at radius 2 is 0.764 bits per heavy atom. The zero-order valence-electron chi connectivity index (χ0n) is 64.4. The first-order chi connectivity index (χ1) is 51.4. The number of halogens is 2. The molecule has 2 saturated carbocycles. The second-order valence-corrected chi connectivity index (χ2v) is 37.6. The molecule has 6 fully saturated rings. The molecule has 0 atom stereocenters.